The molecule has 0 bridgehead atoms. The molecule has 2 heterocycles. The van der Waals surface area contributed by atoms with E-state index in [-0.39, 0.29) is 11.1 Å². The molecule has 1 aliphatic rings. The fourth-order valence-corrected chi connectivity index (χ4v) is 3.25. The van der Waals surface area contributed by atoms with Crippen molar-refractivity contribution < 1.29 is 19.1 Å². The van der Waals surface area contributed by atoms with Gasteiger partial charge in [0.05, 0.1) is 6.42 Å². The Balaban J connectivity index is 1.75. The number of amides is 1. The number of para-hydroxylation sites is 1. The maximum Gasteiger partial charge on any atom is 0.347 e. The molecule has 1 atom stereocenters. The molecule has 1 aliphatic heterocycles. The number of benzene rings is 2. The number of anilines is 1. The smallest absolute Gasteiger partial charge is 0.347 e. The summed E-state index contributed by atoms with van der Waals surface area (Å²) >= 11 is 5.94. The summed E-state index contributed by atoms with van der Waals surface area (Å²) in [6.07, 6.45) is -0.602. The van der Waals surface area contributed by atoms with Crippen LogP contribution in [-0.4, -0.2) is 16.8 Å². The number of nitrogens with one attached hydrogen (secondary N) is 1. The average Bonchev–Trinajstić information content (AvgIpc) is 2.85. The molecule has 0 spiro atoms. The SMILES string of the molecule is O=C(C[C@]1(O)C(=O)Nc2ccc(Cl)cc21)c1cc2ccccc2oc1=O. The van der Waals surface area contributed by atoms with Crippen LogP contribution in [0.15, 0.2) is 57.7 Å². The summed E-state index contributed by atoms with van der Waals surface area (Å²) in [7, 11) is 0. The quantitative estimate of drug-likeness (QED) is 0.546. The maximum absolute atomic E-state index is 12.7. The van der Waals surface area contributed by atoms with Gasteiger partial charge in [0.15, 0.2) is 11.4 Å². The van der Waals surface area contributed by atoms with Crippen LogP contribution in [0.4, 0.5) is 5.69 Å². The van der Waals surface area contributed by atoms with Gasteiger partial charge in [0, 0.05) is 21.7 Å². The van der Waals surface area contributed by atoms with Crippen molar-refractivity contribution in [1.29, 1.82) is 0 Å². The van der Waals surface area contributed by atoms with Crippen LogP contribution in [0, 0.1) is 0 Å². The van der Waals surface area contributed by atoms with Crippen LogP contribution in [-0.2, 0) is 10.4 Å². The summed E-state index contributed by atoms with van der Waals surface area (Å²) in [5.41, 5.74) is -2.21. The standard InChI is InChI=1S/C19H12ClNO5/c20-11-5-6-14-13(8-11)19(25,18(24)21-14)9-15(22)12-7-10-3-1-2-4-16(10)26-17(12)23/h1-8,25H,9H2,(H,21,24)/t19-/m1/s1. The third-order valence-corrected chi connectivity index (χ3v) is 4.64. The van der Waals surface area contributed by atoms with Gasteiger partial charge in [-0.3, -0.25) is 9.59 Å². The van der Waals surface area contributed by atoms with Gasteiger partial charge in [-0.1, -0.05) is 29.8 Å². The van der Waals surface area contributed by atoms with Gasteiger partial charge in [0.25, 0.3) is 5.91 Å². The highest BCUT2D eigenvalue weighted by molar-refractivity contribution is 6.31. The van der Waals surface area contributed by atoms with E-state index in [0.717, 1.165) is 0 Å². The second kappa shape index (κ2) is 5.79. The molecule has 0 saturated carbocycles. The topological polar surface area (TPSA) is 96.6 Å². The van der Waals surface area contributed by atoms with E-state index in [9.17, 15) is 19.5 Å². The molecule has 130 valence electrons. The zero-order chi connectivity index (χ0) is 18.5. The van der Waals surface area contributed by atoms with Gasteiger partial charge in [-0.25, -0.2) is 4.79 Å². The first-order valence-electron chi connectivity index (χ1n) is 7.78. The lowest BCUT2D eigenvalue weighted by molar-refractivity contribution is -0.133. The summed E-state index contributed by atoms with van der Waals surface area (Å²) in [4.78, 5) is 37.1. The number of Topliss-reactive ketones (excluding diaryl/α,β-unsaturated/α-hetero) is 1. The number of carbonyl (C=O) groups is 2. The van der Waals surface area contributed by atoms with Gasteiger partial charge < -0.3 is 14.8 Å². The van der Waals surface area contributed by atoms with Crippen molar-refractivity contribution in [3.8, 4) is 0 Å². The molecular weight excluding hydrogens is 358 g/mol. The third kappa shape index (κ3) is 2.51. The number of aliphatic hydroxyl groups is 1. The first kappa shape index (κ1) is 16.5. The Hall–Kier alpha value is -2.96. The summed E-state index contributed by atoms with van der Waals surface area (Å²) < 4.78 is 5.15. The average molecular weight is 370 g/mol. The van der Waals surface area contributed by atoms with E-state index >= 15 is 0 Å². The lowest BCUT2D eigenvalue weighted by atomic mass is 9.88. The van der Waals surface area contributed by atoms with E-state index in [1.54, 1.807) is 36.4 Å². The summed E-state index contributed by atoms with van der Waals surface area (Å²) in [5.74, 6) is -1.44. The Morgan fingerprint density at radius 2 is 1.92 bits per heavy atom. The van der Waals surface area contributed by atoms with Crippen LogP contribution in [0.5, 0.6) is 0 Å². The van der Waals surface area contributed by atoms with E-state index in [2.05, 4.69) is 5.32 Å². The molecule has 2 N–H and O–H groups in total. The van der Waals surface area contributed by atoms with Gasteiger partial charge >= 0.3 is 5.63 Å². The van der Waals surface area contributed by atoms with Crippen LogP contribution in [0.25, 0.3) is 11.0 Å². The minimum atomic E-state index is -2.10. The monoisotopic (exact) mass is 369 g/mol. The number of rotatable bonds is 3. The summed E-state index contributed by atoms with van der Waals surface area (Å²) in [6.45, 7) is 0. The van der Waals surface area contributed by atoms with Gasteiger partial charge in [-0.05, 0) is 30.3 Å². The van der Waals surface area contributed by atoms with Crippen LogP contribution >= 0.6 is 11.6 Å². The molecule has 0 saturated heterocycles. The minimum absolute atomic E-state index is 0.202. The number of halogens is 1. The molecule has 1 aromatic heterocycles. The van der Waals surface area contributed by atoms with Crippen molar-refractivity contribution in [3.63, 3.8) is 0 Å². The lowest BCUT2D eigenvalue weighted by Gasteiger charge is -2.19. The molecule has 2 aromatic carbocycles. The fraction of sp³-hybridized carbons (Fsp3) is 0.105. The van der Waals surface area contributed by atoms with E-state index in [4.69, 9.17) is 16.0 Å². The highest BCUT2D eigenvalue weighted by Crippen LogP contribution is 2.40. The molecule has 0 fully saturated rings. The third-order valence-electron chi connectivity index (χ3n) is 4.41. The van der Waals surface area contributed by atoms with Gasteiger partial charge in [0.2, 0.25) is 0 Å². The first-order valence-corrected chi connectivity index (χ1v) is 8.16. The molecule has 0 aliphatic carbocycles. The van der Waals surface area contributed by atoms with Gasteiger partial charge in [-0.2, -0.15) is 0 Å². The van der Waals surface area contributed by atoms with Crippen molar-refractivity contribution in [3.05, 3.63) is 75.1 Å². The second-order valence-electron chi connectivity index (χ2n) is 6.09. The molecule has 0 unspecified atom stereocenters. The van der Waals surface area contributed by atoms with E-state index in [1.807, 2.05) is 0 Å². The Morgan fingerprint density at radius 1 is 1.15 bits per heavy atom. The van der Waals surface area contributed by atoms with Crippen LogP contribution in [0.1, 0.15) is 22.3 Å². The number of fused-ring (bicyclic) bond motifs is 2. The molecular formula is C19H12ClNO5. The normalized spacial score (nSPS) is 18.6. The largest absolute Gasteiger partial charge is 0.422 e. The zero-order valence-corrected chi connectivity index (χ0v) is 14.0. The number of ketones is 1. The highest BCUT2D eigenvalue weighted by atomic mass is 35.5. The van der Waals surface area contributed by atoms with Crippen LogP contribution < -0.4 is 10.9 Å². The van der Waals surface area contributed by atoms with Crippen LogP contribution in [0.3, 0.4) is 0 Å². The molecule has 3 aromatic rings. The van der Waals surface area contributed by atoms with Crippen molar-refractivity contribution in [2.45, 2.75) is 12.0 Å². The molecule has 7 heteroatoms. The number of hydrogen-bond donors (Lipinski definition) is 2. The van der Waals surface area contributed by atoms with E-state index in [1.165, 1.54) is 12.1 Å². The highest BCUT2D eigenvalue weighted by Gasteiger charge is 2.47. The first-order chi connectivity index (χ1) is 12.4. The van der Waals surface area contributed by atoms with Crippen molar-refractivity contribution >= 4 is 39.9 Å². The Morgan fingerprint density at radius 3 is 2.73 bits per heavy atom. The van der Waals surface area contributed by atoms with E-state index in [0.29, 0.717) is 21.7 Å². The Labute approximate surface area is 152 Å². The number of carbonyl (C=O) groups excluding carboxylic acids is 2. The number of hydrogen-bond acceptors (Lipinski definition) is 5. The summed E-state index contributed by atoms with van der Waals surface area (Å²) in [5, 5.41) is 14.3. The molecule has 1 amide bonds. The predicted molar refractivity (Wildman–Crippen MR) is 95.4 cm³/mol. The predicted octanol–water partition coefficient (Wildman–Crippen LogP) is 2.86. The minimum Gasteiger partial charge on any atom is -0.422 e. The van der Waals surface area contributed by atoms with Crippen molar-refractivity contribution in [2.75, 3.05) is 5.32 Å². The Kier molecular flexibility index (Phi) is 3.68. The fourth-order valence-electron chi connectivity index (χ4n) is 3.08. The molecule has 0 radical (unpaired) electrons. The molecule has 4 rings (SSSR count). The van der Waals surface area contributed by atoms with Gasteiger partial charge in [-0.15, -0.1) is 0 Å². The molecule has 6 nitrogen and oxygen atoms in total. The van der Waals surface area contributed by atoms with Crippen LogP contribution in [0.2, 0.25) is 5.02 Å². The molecule has 26 heavy (non-hydrogen) atoms. The Bertz CT molecular complexity index is 1140. The van der Waals surface area contributed by atoms with Gasteiger partial charge in [0.1, 0.15) is 11.1 Å². The zero-order valence-electron chi connectivity index (χ0n) is 13.3. The summed E-state index contributed by atoms with van der Waals surface area (Å²) in [6, 6.07) is 12.7. The maximum atomic E-state index is 12.7. The lowest BCUT2D eigenvalue weighted by Crippen LogP contribution is -2.37. The second-order valence-corrected chi connectivity index (χ2v) is 6.53. The van der Waals surface area contributed by atoms with Crippen molar-refractivity contribution in [2.24, 2.45) is 0 Å². The van der Waals surface area contributed by atoms with Crippen molar-refractivity contribution in [1.82, 2.24) is 0 Å². The van der Waals surface area contributed by atoms with E-state index < -0.39 is 29.3 Å².